The first-order chi connectivity index (χ1) is 35.0. The van der Waals surface area contributed by atoms with Crippen molar-refractivity contribution in [2.75, 3.05) is 78.7 Å². The Balaban J connectivity index is 0.000000214. The summed E-state index contributed by atoms with van der Waals surface area (Å²) in [4.78, 5) is 57.3. The van der Waals surface area contributed by atoms with Gasteiger partial charge >= 0.3 is 12.1 Å². The van der Waals surface area contributed by atoms with E-state index in [9.17, 15) is 41.1 Å². The second-order valence-corrected chi connectivity index (χ2v) is 19.4. The minimum absolute atomic E-state index is 0. The fourth-order valence-corrected chi connectivity index (χ4v) is 11.6. The third-order valence-electron chi connectivity index (χ3n) is 15.2. The Morgan fingerprint density at radius 2 is 0.947 bits per heavy atom. The Labute approximate surface area is 435 Å². The molecule has 402 valence electrons. The van der Waals surface area contributed by atoms with Gasteiger partial charge in [-0.15, -0.1) is 0 Å². The van der Waals surface area contributed by atoms with Crippen LogP contribution in [0.5, 0.6) is 11.5 Å². The van der Waals surface area contributed by atoms with Gasteiger partial charge in [-0.2, -0.15) is 23.4 Å². The van der Waals surface area contributed by atoms with E-state index in [1.807, 2.05) is 35.2 Å². The largest absolute Gasteiger partial charge is 0.492 e. The van der Waals surface area contributed by atoms with Crippen LogP contribution in [0.1, 0.15) is 83.6 Å². The van der Waals surface area contributed by atoms with Crippen LogP contribution in [0.4, 0.5) is 22.0 Å². The van der Waals surface area contributed by atoms with E-state index in [2.05, 4.69) is 14.9 Å². The van der Waals surface area contributed by atoms with Gasteiger partial charge in [0.15, 0.2) is 0 Å². The van der Waals surface area contributed by atoms with Gasteiger partial charge in [0, 0.05) is 84.3 Å². The fraction of sp³-hybridized carbons (Fsp3) is 0.464. The number of nitrogens with zero attached hydrogens (tertiary/aromatic N) is 8. The van der Waals surface area contributed by atoms with E-state index in [1.165, 1.54) is 44.2 Å². The molecule has 4 atom stereocenters. The smallest absolute Gasteiger partial charge is 0.473 e. The number of hydrogen-bond acceptors (Lipinski definition) is 10. The Morgan fingerprint density at radius 1 is 0.560 bits per heavy atom. The van der Waals surface area contributed by atoms with Gasteiger partial charge in [-0.05, 0) is 86.3 Å². The molecule has 6 aliphatic rings. The quantitative estimate of drug-likeness (QED) is 0.145. The zero-order chi connectivity index (χ0) is 51.7. The number of piperazine rings is 2. The van der Waals surface area contributed by atoms with E-state index in [4.69, 9.17) is 14.6 Å². The highest BCUT2D eigenvalue weighted by molar-refractivity contribution is 6.09. The topological polar surface area (TPSA) is 131 Å². The first-order valence-electron chi connectivity index (χ1n) is 24.8. The lowest BCUT2D eigenvalue weighted by molar-refractivity contribution is -0.193. The van der Waals surface area contributed by atoms with Gasteiger partial charge in [-0.3, -0.25) is 29.0 Å². The average Bonchev–Trinajstić information content (AvgIpc) is 3.92. The molecule has 0 radical (unpaired) electrons. The highest BCUT2D eigenvalue weighted by Crippen LogP contribution is 2.52. The highest BCUT2D eigenvalue weighted by Gasteiger charge is 2.61. The van der Waals surface area contributed by atoms with Crippen molar-refractivity contribution in [3.05, 3.63) is 131 Å². The maximum Gasteiger partial charge on any atom is 0.473 e. The van der Waals surface area contributed by atoms with Crippen LogP contribution in [-0.4, -0.2) is 150 Å². The van der Waals surface area contributed by atoms with Crippen molar-refractivity contribution < 1.29 is 50.6 Å². The molecule has 19 heteroatoms. The van der Waals surface area contributed by atoms with Crippen LogP contribution in [0.25, 0.3) is 0 Å². The minimum Gasteiger partial charge on any atom is -0.492 e. The highest BCUT2D eigenvalue weighted by atomic mass is 19.4. The average molecular weight is 1040 g/mol. The number of hydrazone groups is 2. The normalized spacial score (nSPS) is 23.0. The number of carbonyl (C=O) groups excluding carboxylic acids is 4. The number of carbonyl (C=O) groups is 4. The molecule has 10 rings (SSSR count). The van der Waals surface area contributed by atoms with Gasteiger partial charge in [0.1, 0.15) is 34.2 Å². The molecule has 4 amide bonds. The molecule has 0 aliphatic carbocycles. The number of alkyl halides is 3. The maximum atomic E-state index is 14.2. The molecule has 0 bridgehead atoms. The summed E-state index contributed by atoms with van der Waals surface area (Å²) < 4.78 is 82.1. The molecular formula is C56H67F5N8O6. The van der Waals surface area contributed by atoms with Crippen LogP contribution in [0.15, 0.2) is 107 Å². The van der Waals surface area contributed by atoms with Crippen molar-refractivity contribution >= 4 is 35.1 Å². The number of fused-ring (bicyclic) bond motifs is 6. The van der Waals surface area contributed by atoms with E-state index in [-0.39, 0.29) is 68.6 Å². The Hall–Kier alpha value is -6.73. The van der Waals surface area contributed by atoms with Crippen molar-refractivity contribution in [2.45, 2.75) is 78.6 Å². The van der Waals surface area contributed by atoms with Gasteiger partial charge < -0.3 is 19.3 Å². The Kier molecular flexibility index (Phi) is 17.2. The summed E-state index contributed by atoms with van der Waals surface area (Å²) in [6.45, 7) is 12.1. The number of rotatable bonds is 10. The number of halogens is 5. The molecule has 2 fully saturated rings. The molecule has 4 aromatic rings. The number of benzene rings is 4. The summed E-state index contributed by atoms with van der Waals surface area (Å²) in [5, 5.41) is 11.3. The summed E-state index contributed by atoms with van der Waals surface area (Å²) in [5.41, 5.74) is 1.10. The monoisotopic (exact) mass is 1040 g/mol. The van der Waals surface area contributed by atoms with Crippen molar-refractivity contribution in [3.8, 4) is 11.5 Å². The van der Waals surface area contributed by atoms with Gasteiger partial charge in [-0.25, -0.2) is 18.8 Å². The van der Waals surface area contributed by atoms with Gasteiger partial charge in [0.2, 0.25) is 17.7 Å². The zero-order valence-electron chi connectivity index (χ0n) is 41.1. The molecule has 6 heterocycles. The second kappa shape index (κ2) is 23.0. The summed E-state index contributed by atoms with van der Waals surface area (Å²) in [6.07, 6.45) is -2.99. The summed E-state index contributed by atoms with van der Waals surface area (Å²) in [7, 11) is 0. The number of amides is 4. The minimum atomic E-state index is -5.16. The molecular weight excluding hydrogens is 976 g/mol. The van der Waals surface area contributed by atoms with Gasteiger partial charge in [-0.1, -0.05) is 75.5 Å². The standard InChI is InChI=1S/C27H28F4N4O3.C27H31FN4O3.2CH4/c1-18(36)34-14-12-33(13-15-34)11-5-10-26(19-6-3-2-4-7-19)22-17-38-23-9-8-20(28)16-21(23)24(22)32-35(26)25(37)27(29,30)31;1-19(33)31-15-13-30(14-16-31)12-6-11-27(21-7-4-3-5-8-21)24-18-35-25-10-9-22(28)17-23(25)26(24)29-32(27)20(2)34;;/h2-4,6-9,16,22H,5,10-15,17H2,1H3;3-5,7-10,17,24H,6,11-16,18H2,1-2H3;2*1H4. The van der Waals surface area contributed by atoms with E-state index in [1.54, 1.807) is 53.2 Å². The molecule has 0 saturated carbocycles. The molecule has 0 N–H and O–H groups in total. The van der Waals surface area contributed by atoms with Crippen LogP contribution in [0.2, 0.25) is 0 Å². The SMILES string of the molecule is C.C.CC(=O)N1CCN(CCCC2(c3ccccc3)C3COc4ccc(F)cc4C3=NN2C(=O)C(F)(F)F)CC1.CC(=O)N1CCN(CCCC2(c3ccccc3)C3COc4ccc(F)cc4C3=NN2C(C)=O)CC1. The lowest BCUT2D eigenvalue weighted by Gasteiger charge is -2.43. The molecule has 2 saturated heterocycles. The van der Waals surface area contributed by atoms with Crippen LogP contribution < -0.4 is 9.47 Å². The zero-order valence-corrected chi connectivity index (χ0v) is 41.1. The van der Waals surface area contributed by atoms with Crippen LogP contribution in [0, 0.1) is 23.5 Å². The van der Waals surface area contributed by atoms with Crippen LogP contribution in [-0.2, 0) is 30.3 Å². The van der Waals surface area contributed by atoms with Crippen molar-refractivity contribution in [2.24, 2.45) is 22.0 Å². The molecule has 0 aromatic heterocycles. The van der Waals surface area contributed by atoms with Gasteiger partial charge in [0.05, 0.1) is 36.5 Å². The Morgan fingerprint density at radius 3 is 1.32 bits per heavy atom. The van der Waals surface area contributed by atoms with E-state index in [0.29, 0.717) is 85.5 Å². The number of ether oxygens (including phenoxy) is 2. The van der Waals surface area contributed by atoms with Crippen LogP contribution >= 0.6 is 0 Å². The molecule has 4 aromatic carbocycles. The predicted octanol–water partition coefficient (Wildman–Crippen LogP) is 8.30. The van der Waals surface area contributed by atoms with Crippen LogP contribution in [0.3, 0.4) is 0 Å². The van der Waals surface area contributed by atoms with Crippen molar-refractivity contribution in [3.63, 3.8) is 0 Å². The van der Waals surface area contributed by atoms with E-state index in [0.717, 1.165) is 44.7 Å². The summed E-state index contributed by atoms with van der Waals surface area (Å²) in [5.74, 6) is -3.06. The Bertz CT molecular complexity index is 2770. The summed E-state index contributed by atoms with van der Waals surface area (Å²) >= 11 is 0. The second-order valence-electron chi connectivity index (χ2n) is 19.4. The van der Waals surface area contributed by atoms with Crippen molar-refractivity contribution in [1.82, 2.24) is 29.6 Å². The van der Waals surface area contributed by atoms with Gasteiger partial charge in [0.25, 0.3) is 0 Å². The van der Waals surface area contributed by atoms with E-state index < -0.39 is 34.9 Å². The third-order valence-corrected chi connectivity index (χ3v) is 15.2. The predicted molar refractivity (Wildman–Crippen MR) is 275 cm³/mol. The lowest BCUT2D eigenvalue weighted by atomic mass is 9.71. The van der Waals surface area contributed by atoms with Crippen molar-refractivity contribution in [1.29, 1.82) is 0 Å². The molecule has 75 heavy (non-hydrogen) atoms. The summed E-state index contributed by atoms with van der Waals surface area (Å²) in [6, 6.07) is 26.9. The molecule has 6 aliphatic heterocycles. The molecule has 14 nitrogen and oxygen atoms in total. The van der Waals surface area contributed by atoms with E-state index >= 15 is 0 Å². The number of hydrogen-bond donors (Lipinski definition) is 0. The lowest BCUT2D eigenvalue weighted by Crippen LogP contribution is -2.54. The third kappa shape index (κ3) is 11.0. The maximum absolute atomic E-state index is 14.2. The first kappa shape index (κ1) is 56.0. The first-order valence-corrected chi connectivity index (χ1v) is 24.8. The fourth-order valence-electron chi connectivity index (χ4n) is 11.6. The molecule has 4 unspecified atom stereocenters. The molecule has 0 spiro atoms.